The highest BCUT2D eigenvalue weighted by molar-refractivity contribution is 6.06. The molecule has 3 N–H and O–H groups in total. The van der Waals surface area contributed by atoms with Gasteiger partial charge < -0.3 is 20.4 Å². The fraction of sp³-hybridized carbons (Fsp3) is 0.389. The molecule has 26 heavy (non-hydrogen) atoms. The molecule has 1 aromatic carbocycles. The summed E-state index contributed by atoms with van der Waals surface area (Å²) in [6.07, 6.45) is 2.21. The molecule has 8 nitrogen and oxygen atoms in total. The van der Waals surface area contributed by atoms with E-state index in [9.17, 15) is 14.4 Å². The van der Waals surface area contributed by atoms with Crippen LogP contribution in [0.2, 0.25) is 0 Å². The van der Waals surface area contributed by atoms with Crippen molar-refractivity contribution < 1.29 is 19.1 Å². The minimum absolute atomic E-state index is 0.199. The minimum Gasteiger partial charge on any atom is -0.383 e. The third kappa shape index (κ3) is 3.70. The zero-order valence-electron chi connectivity index (χ0n) is 14.7. The van der Waals surface area contributed by atoms with Gasteiger partial charge in [-0.15, -0.1) is 0 Å². The van der Waals surface area contributed by atoms with Crippen LogP contribution in [0.3, 0.4) is 0 Å². The van der Waals surface area contributed by atoms with Gasteiger partial charge in [0.25, 0.3) is 5.91 Å². The van der Waals surface area contributed by atoms with Crippen molar-refractivity contribution in [3.63, 3.8) is 0 Å². The first-order chi connectivity index (χ1) is 12.5. The van der Waals surface area contributed by atoms with Crippen molar-refractivity contribution in [2.75, 3.05) is 20.3 Å². The molecule has 138 valence electrons. The number of para-hydroxylation sites is 1. The molecule has 2 aromatic rings. The molecule has 3 rings (SSSR count). The predicted octanol–water partition coefficient (Wildman–Crippen LogP) is 0.782. The lowest BCUT2D eigenvalue weighted by Gasteiger charge is -2.16. The molecule has 8 heteroatoms. The highest BCUT2D eigenvalue weighted by atomic mass is 16.5. The average molecular weight is 358 g/mol. The Kier molecular flexibility index (Phi) is 5.22. The van der Waals surface area contributed by atoms with E-state index in [1.54, 1.807) is 6.92 Å². The molecule has 0 saturated carbocycles. The van der Waals surface area contributed by atoms with Gasteiger partial charge in [0.2, 0.25) is 5.91 Å². The van der Waals surface area contributed by atoms with Gasteiger partial charge >= 0.3 is 6.03 Å². The molecule has 4 amide bonds. The number of nitrogens with zero attached hydrogens (tertiary/aromatic N) is 1. The van der Waals surface area contributed by atoms with Crippen molar-refractivity contribution in [2.24, 2.45) is 0 Å². The van der Waals surface area contributed by atoms with E-state index < -0.39 is 23.9 Å². The number of hydrogen-bond acceptors (Lipinski definition) is 4. The van der Waals surface area contributed by atoms with Gasteiger partial charge in [-0.3, -0.25) is 14.5 Å². The molecule has 1 fully saturated rings. The third-order valence-electron chi connectivity index (χ3n) is 4.33. The minimum atomic E-state index is -0.675. The van der Waals surface area contributed by atoms with E-state index in [0.717, 1.165) is 21.4 Å². The van der Waals surface area contributed by atoms with Crippen molar-refractivity contribution in [1.29, 1.82) is 0 Å². The summed E-state index contributed by atoms with van der Waals surface area (Å²) < 4.78 is 4.95. The molecular formula is C18H22N4O4. The maximum absolute atomic E-state index is 12.6. The molecule has 1 aliphatic heterocycles. The number of methoxy groups -OCH3 is 1. The number of benzene rings is 1. The first-order valence-corrected chi connectivity index (χ1v) is 8.44. The van der Waals surface area contributed by atoms with E-state index in [4.69, 9.17) is 4.74 Å². The van der Waals surface area contributed by atoms with Gasteiger partial charge in [-0.25, -0.2) is 4.79 Å². The SMILES string of the molecule is COC[C@H](C)NC(=O)CN1C(=O)N[C@@H](Cc2c[nH]c3ccccc23)C1=O. The predicted molar refractivity (Wildman–Crippen MR) is 95.5 cm³/mol. The Morgan fingerprint density at radius 3 is 2.88 bits per heavy atom. The topological polar surface area (TPSA) is 104 Å². The Morgan fingerprint density at radius 1 is 1.35 bits per heavy atom. The average Bonchev–Trinajstić information content (AvgIpc) is 3.12. The van der Waals surface area contributed by atoms with Crippen LogP contribution in [-0.2, 0) is 20.7 Å². The summed E-state index contributed by atoms with van der Waals surface area (Å²) in [6.45, 7) is 1.84. The largest absolute Gasteiger partial charge is 0.383 e. The number of hydrogen-bond donors (Lipinski definition) is 3. The number of carbonyl (C=O) groups excluding carboxylic acids is 3. The molecule has 1 aromatic heterocycles. The first-order valence-electron chi connectivity index (χ1n) is 8.44. The number of ether oxygens (including phenoxy) is 1. The highest BCUT2D eigenvalue weighted by Gasteiger charge is 2.39. The summed E-state index contributed by atoms with van der Waals surface area (Å²) in [6, 6.07) is 6.34. The van der Waals surface area contributed by atoms with Gasteiger partial charge in [-0.1, -0.05) is 18.2 Å². The lowest BCUT2D eigenvalue weighted by molar-refractivity contribution is -0.132. The normalized spacial score (nSPS) is 18.2. The second-order valence-electron chi connectivity index (χ2n) is 6.41. The summed E-state index contributed by atoms with van der Waals surface area (Å²) in [5.41, 5.74) is 1.92. The zero-order valence-corrected chi connectivity index (χ0v) is 14.7. The van der Waals surface area contributed by atoms with Crippen LogP contribution < -0.4 is 10.6 Å². The summed E-state index contributed by atoms with van der Waals surface area (Å²) in [5.74, 6) is -0.791. The molecule has 0 spiro atoms. The van der Waals surface area contributed by atoms with E-state index in [2.05, 4.69) is 15.6 Å². The van der Waals surface area contributed by atoms with E-state index in [-0.39, 0.29) is 12.6 Å². The van der Waals surface area contributed by atoms with Gasteiger partial charge in [0.15, 0.2) is 0 Å². The summed E-state index contributed by atoms with van der Waals surface area (Å²) in [5, 5.41) is 6.36. The molecule has 2 heterocycles. The smallest absolute Gasteiger partial charge is 0.325 e. The van der Waals surface area contributed by atoms with Crippen LogP contribution >= 0.6 is 0 Å². The molecule has 1 aliphatic rings. The summed E-state index contributed by atoms with van der Waals surface area (Å²) in [7, 11) is 1.54. The van der Waals surface area contributed by atoms with Gasteiger partial charge in [0.1, 0.15) is 12.6 Å². The maximum Gasteiger partial charge on any atom is 0.325 e. The number of nitrogens with one attached hydrogen (secondary N) is 3. The van der Waals surface area contributed by atoms with Crippen LogP contribution in [0.1, 0.15) is 12.5 Å². The monoisotopic (exact) mass is 358 g/mol. The van der Waals surface area contributed by atoms with E-state index in [1.807, 2.05) is 30.5 Å². The van der Waals surface area contributed by atoms with Crippen molar-refractivity contribution >= 4 is 28.7 Å². The van der Waals surface area contributed by atoms with Crippen LogP contribution in [0, 0.1) is 0 Å². The second kappa shape index (κ2) is 7.57. The van der Waals surface area contributed by atoms with Crippen molar-refractivity contribution in [1.82, 2.24) is 20.5 Å². The molecule has 0 aliphatic carbocycles. The van der Waals surface area contributed by atoms with Crippen LogP contribution in [0.15, 0.2) is 30.5 Å². The Hall–Kier alpha value is -2.87. The number of rotatable bonds is 7. The lowest BCUT2D eigenvalue weighted by Crippen LogP contribution is -2.45. The Balaban J connectivity index is 1.64. The molecule has 0 unspecified atom stereocenters. The number of imide groups is 1. The lowest BCUT2D eigenvalue weighted by atomic mass is 10.1. The molecular weight excluding hydrogens is 336 g/mol. The van der Waals surface area contributed by atoms with Crippen molar-refractivity contribution in [3.05, 3.63) is 36.0 Å². The number of aromatic amines is 1. The number of carbonyl (C=O) groups is 3. The van der Waals surface area contributed by atoms with Crippen molar-refractivity contribution in [2.45, 2.75) is 25.4 Å². The third-order valence-corrected chi connectivity index (χ3v) is 4.33. The van der Waals surface area contributed by atoms with Crippen LogP contribution in [0.25, 0.3) is 10.9 Å². The molecule has 1 saturated heterocycles. The summed E-state index contributed by atoms with van der Waals surface area (Å²) >= 11 is 0. The maximum atomic E-state index is 12.6. The van der Waals surface area contributed by atoms with E-state index in [1.165, 1.54) is 7.11 Å². The number of urea groups is 1. The highest BCUT2D eigenvalue weighted by Crippen LogP contribution is 2.21. The quantitative estimate of drug-likeness (QED) is 0.636. The molecule has 0 bridgehead atoms. The number of H-pyrrole nitrogens is 1. The van der Waals surface area contributed by atoms with Crippen LogP contribution in [0.4, 0.5) is 4.79 Å². The van der Waals surface area contributed by atoms with Crippen molar-refractivity contribution in [3.8, 4) is 0 Å². The number of amides is 4. The van der Waals surface area contributed by atoms with E-state index >= 15 is 0 Å². The van der Waals surface area contributed by atoms with Gasteiger partial charge in [-0.05, 0) is 18.6 Å². The summed E-state index contributed by atoms with van der Waals surface area (Å²) in [4.78, 5) is 40.8. The van der Waals surface area contributed by atoms with Gasteiger partial charge in [0.05, 0.1) is 6.61 Å². The standard InChI is InChI=1S/C18H22N4O4/c1-11(10-26-2)20-16(23)9-22-17(24)15(21-18(22)25)7-12-8-19-14-6-4-3-5-13(12)14/h3-6,8,11,15,19H,7,9-10H2,1-2H3,(H,20,23)(H,21,25)/t11-,15-/m0/s1. The Bertz CT molecular complexity index is 831. The zero-order chi connectivity index (χ0) is 18.7. The number of fused-ring (bicyclic) bond motifs is 1. The fourth-order valence-corrected chi connectivity index (χ4v) is 3.14. The van der Waals surface area contributed by atoms with E-state index in [0.29, 0.717) is 13.0 Å². The Labute approximate surface area is 150 Å². The van der Waals surface area contributed by atoms with Crippen LogP contribution in [-0.4, -0.2) is 60.1 Å². The van der Waals surface area contributed by atoms with Gasteiger partial charge in [-0.2, -0.15) is 0 Å². The first kappa shape index (κ1) is 17.9. The fourth-order valence-electron chi connectivity index (χ4n) is 3.14. The van der Waals surface area contributed by atoms with Gasteiger partial charge in [0, 0.05) is 36.7 Å². The molecule has 0 radical (unpaired) electrons. The Morgan fingerprint density at radius 2 is 2.12 bits per heavy atom. The number of aromatic nitrogens is 1. The van der Waals surface area contributed by atoms with Crippen LogP contribution in [0.5, 0.6) is 0 Å². The molecule has 2 atom stereocenters. The second-order valence-corrected chi connectivity index (χ2v) is 6.41.